The third-order valence-corrected chi connectivity index (χ3v) is 3.65. The van der Waals surface area contributed by atoms with Crippen molar-refractivity contribution in [1.82, 2.24) is 5.32 Å². The summed E-state index contributed by atoms with van der Waals surface area (Å²) in [6.45, 7) is 3.33. The van der Waals surface area contributed by atoms with Gasteiger partial charge in [0.15, 0.2) is 11.5 Å². The smallest absolute Gasteiger partial charge is 0.175 e. The third-order valence-electron chi connectivity index (χ3n) is 3.07. The Bertz CT molecular complexity index is 438. The van der Waals surface area contributed by atoms with E-state index in [4.69, 9.17) is 9.47 Å². The molecule has 0 bridgehead atoms. The first-order valence-electron chi connectivity index (χ1n) is 7.12. The second-order valence-corrected chi connectivity index (χ2v) is 5.74. The van der Waals surface area contributed by atoms with Gasteiger partial charge in [-0.15, -0.1) is 0 Å². The minimum atomic E-state index is -0.370. The van der Waals surface area contributed by atoms with E-state index in [-0.39, 0.29) is 6.67 Å². The van der Waals surface area contributed by atoms with E-state index in [0.717, 1.165) is 16.6 Å². The van der Waals surface area contributed by atoms with Gasteiger partial charge in [-0.05, 0) is 53.4 Å². The molecule has 0 unspecified atom stereocenters. The second kappa shape index (κ2) is 7.84. The standard InChI is InChI=1S/C15H21BrFNO2/c1-2-19-14-9-11(10-18-12-4-5-12)8-13(16)15(14)20-7-3-6-17/h8-9,12,18H,2-7,10H2,1H3. The monoisotopic (exact) mass is 345 g/mol. The Hall–Kier alpha value is -0.810. The lowest BCUT2D eigenvalue weighted by molar-refractivity contribution is 0.261. The summed E-state index contributed by atoms with van der Waals surface area (Å²) >= 11 is 3.52. The van der Waals surface area contributed by atoms with Gasteiger partial charge in [0.05, 0.1) is 24.4 Å². The molecular weight excluding hydrogens is 325 g/mol. The maximum atomic E-state index is 12.2. The van der Waals surface area contributed by atoms with E-state index < -0.39 is 0 Å². The minimum absolute atomic E-state index is 0.356. The van der Waals surface area contributed by atoms with Gasteiger partial charge < -0.3 is 14.8 Å². The number of ether oxygens (including phenoxy) is 2. The fourth-order valence-electron chi connectivity index (χ4n) is 1.90. The van der Waals surface area contributed by atoms with Crippen molar-refractivity contribution in [2.45, 2.75) is 38.8 Å². The highest BCUT2D eigenvalue weighted by molar-refractivity contribution is 9.10. The van der Waals surface area contributed by atoms with Gasteiger partial charge in [0.2, 0.25) is 0 Å². The Kier molecular flexibility index (Phi) is 6.10. The van der Waals surface area contributed by atoms with Crippen LogP contribution in [-0.4, -0.2) is 25.9 Å². The molecule has 0 heterocycles. The SMILES string of the molecule is CCOc1cc(CNC2CC2)cc(Br)c1OCCCF. The van der Waals surface area contributed by atoms with Crippen molar-refractivity contribution in [1.29, 1.82) is 0 Å². The average Bonchev–Trinajstić information content (AvgIpc) is 3.24. The van der Waals surface area contributed by atoms with E-state index >= 15 is 0 Å². The van der Waals surface area contributed by atoms with Crippen molar-refractivity contribution in [3.63, 3.8) is 0 Å². The van der Waals surface area contributed by atoms with E-state index in [1.165, 1.54) is 12.8 Å². The molecule has 0 aliphatic heterocycles. The van der Waals surface area contributed by atoms with Crippen LogP contribution in [0.5, 0.6) is 11.5 Å². The van der Waals surface area contributed by atoms with Crippen LogP contribution in [-0.2, 0) is 6.54 Å². The molecule has 1 aliphatic rings. The molecule has 1 aromatic carbocycles. The zero-order valence-corrected chi connectivity index (χ0v) is 13.3. The summed E-state index contributed by atoms with van der Waals surface area (Å²) in [5.74, 6) is 1.38. The normalized spacial score (nSPS) is 14.3. The van der Waals surface area contributed by atoms with Gasteiger partial charge in [0, 0.05) is 19.0 Å². The Labute approximate surface area is 128 Å². The summed E-state index contributed by atoms with van der Waals surface area (Å²) in [4.78, 5) is 0. The second-order valence-electron chi connectivity index (χ2n) is 4.88. The zero-order chi connectivity index (χ0) is 14.4. The molecule has 0 radical (unpaired) electrons. The summed E-state index contributed by atoms with van der Waals surface area (Å²) in [6.07, 6.45) is 2.93. The Morgan fingerprint density at radius 2 is 2.15 bits per heavy atom. The molecule has 0 aromatic heterocycles. The molecule has 0 spiro atoms. The van der Waals surface area contributed by atoms with Crippen molar-refractivity contribution in [3.8, 4) is 11.5 Å². The van der Waals surface area contributed by atoms with Crippen molar-refractivity contribution < 1.29 is 13.9 Å². The van der Waals surface area contributed by atoms with E-state index in [2.05, 4.69) is 21.2 Å². The van der Waals surface area contributed by atoms with Crippen LogP contribution in [0.4, 0.5) is 4.39 Å². The molecule has 0 saturated heterocycles. The van der Waals surface area contributed by atoms with Crippen LogP contribution in [0.3, 0.4) is 0 Å². The molecule has 1 aliphatic carbocycles. The van der Waals surface area contributed by atoms with E-state index in [1.807, 2.05) is 19.1 Å². The lowest BCUT2D eigenvalue weighted by Gasteiger charge is -2.15. The Balaban J connectivity index is 2.07. The van der Waals surface area contributed by atoms with Crippen molar-refractivity contribution in [2.75, 3.05) is 19.9 Å². The van der Waals surface area contributed by atoms with Gasteiger partial charge in [-0.25, -0.2) is 0 Å². The van der Waals surface area contributed by atoms with Crippen LogP contribution in [0.25, 0.3) is 0 Å². The van der Waals surface area contributed by atoms with Gasteiger partial charge in [0.25, 0.3) is 0 Å². The van der Waals surface area contributed by atoms with E-state index in [9.17, 15) is 4.39 Å². The topological polar surface area (TPSA) is 30.5 Å². The van der Waals surface area contributed by atoms with Crippen LogP contribution in [0, 0.1) is 0 Å². The highest BCUT2D eigenvalue weighted by Gasteiger charge is 2.20. The number of hydrogen-bond donors (Lipinski definition) is 1. The first kappa shape index (κ1) is 15.6. The van der Waals surface area contributed by atoms with Crippen LogP contribution < -0.4 is 14.8 Å². The predicted octanol–water partition coefficient (Wildman–Crippen LogP) is 3.84. The zero-order valence-electron chi connectivity index (χ0n) is 11.8. The van der Waals surface area contributed by atoms with Crippen LogP contribution in [0.2, 0.25) is 0 Å². The Morgan fingerprint density at radius 1 is 1.35 bits per heavy atom. The van der Waals surface area contributed by atoms with Gasteiger partial charge in [0.1, 0.15) is 0 Å². The van der Waals surface area contributed by atoms with Crippen LogP contribution >= 0.6 is 15.9 Å². The van der Waals surface area contributed by atoms with E-state index in [0.29, 0.717) is 37.2 Å². The fraction of sp³-hybridized carbons (Fsp3) is 0.600. The minimum Gasteiger partial charge on any atom is -0.490 e. The molecule has 2 rings (SSSR count). The maximum Gasteiger partial charge on any atom is 0.175 e. The molecule has 112 valence electrons. The lowest BCUT2D eigenvalue weighted by Crippen LogP contribution is -2.15. The summed E-state index contributed by atoms with van der Waals surface area (Å²) in [6, 6.07) is 4.70. The molecule has 1 N–H and O–H groups in total. The average molecular weight is 346 g/mol. The molecule has 1 fully saturated rings. The molecule has 5 heteroatoms. The van der Waals surface area contributed by atoms with Crippen molar-refractivity contribution >= 4 is 15.9 Å². The van der Waals surface area contributed by atoms with Gasteiger partial charge in [-0.3, -0.25) is 4.39 Å². The fourth-order valence-corrected chi connectivity index (χ4v) is 2.51. The first-order valence-corrected chi connectivity index (χ1v) is 7.91. The Morgan fingerprint density at radius 3 is 2.80 bits per heavy atom. The van der Waals surface area contributed by atoms with Gasteiger partial charge >= 0.3 is 0 Å². The highest BCUT2D eigenvalue weighted by atomic mass is 79.9. The molecule has 20 heavy (non-hydrogen) atoms. The molecule has 0 amide bonds. The molecule has 3 nitrogen and oxygen atoms in total. The maximum absolute atomic E-state index is 12.2. The van der Waals surface area contributed by atoms with Gasteiger partial charge in [-0.1, -0.05) is 0 Å². The molecule has 1 saturated carbocycles. The molecular formula is C15H21BrFNO2. The van der Waals surface area contributed by atoms with Crippen molar-refractivity contribution in [3.05, 3.63) is 22.2 Å². The summed E-state index contributed by atoms with van der Waals surface area (Å²) in [5.41, 5.74) is 1.16. The summed E-state index contributed by atoms with van der Waals surface area (Å²) < 4.78 is 24.3. The summed E-state index contributed by atoms with van der Waals surface area (Å²) in [5, 5.41) is 3.47. The van der Waals surface area contributed by atoms with Crippen LogP contribution in [0.15, 0.2) is 16.6 Å². The van der Waals surface area contributed by atoms with Crippen LogP contribution in [0.1, 0.15) is 31.7 Å². The number of rotatable bonds is 9. The predicted molar refractivity (Wildman–Crippen MR) is 81.3 cm³/mol. The highest BCUT2D eigenvalue weighted by Crippen LogP contribution is 2.37. The summed E-state index contributed by atoms with van der Waals surface area (Å²) in [7, 11) is 0. The number of nitrogens with one attached hydrogen (secondary N) is 1. The number of alkyl halides is 1. The number of hydrogen-bond acceptors (Lipinski definition) is 3. The lowest BCUT2D eigenvalue weighted by atomic mass is 10.2. The van der Waals surface area contributed by atoms with Crippen molar-refractivity contribution in [2.24, 2.45) is 0 Å². The molecule has 0 atom stereocenters. The molecule has 1 aromatic rings. The number of benzene rings is 1. The largest absolute Gasteiger partial charge is 0.490 e. The third kappa shape index (κ3) is 4.63. The first-order chi connectivity index (χ1) is 9.74. The number of halogens is 2. The van der Waals surface area contributed by atoms with Gasteiger partial charge in [-0.2, -0.15) is 0 Å². The van der Waals surface area contributed by atoms with E-state index in [1.54, 1.807) is 0 Å². The quantitative estimate of drug-likeness (QED) is 0.689.